The average Bonchev–Trinajstić information content (AvgIpc) is 2.76. The second-order valence-electron chi connectivity index (χ2n) is 6.69. The van der Waals surface area contributed by atoms with Crippen LogP contribution in [0.1, 0.15) is 15.9 Å². The highest BCUT2D eigenvalue weighted by molar-refractivity contribution is 5.91. The van der Waals surface area contributed by atoms with E-state index in [1.165, 1.54) is 0 Å². The molecule has 1 aliphatic rings. The van der Waals surface area contributed by atoms with E-state index >= 15 is 0 Å². The summed E-state index contributed by atoms with van der Waals surface area (Å²) in [5.41, 5.74) is 0.0423. The number of nitrogens with zero attached hydrogens (tertiary/aromatic N) is 2. The summed E-state index contributed by atoms with van der Waals surface area (Å²) in [6.07, 6.45) is -4.48. The molecule has 160 valence electrons. The second kappa shape index (κ2) is 9.06. The minimum absolute atomic E-state index is 0.0446. The van der Waals surface area contributed by atoms with E-state index in [4.69, 9.17) is 9.47 Å². The molecule has 0 radical (unpaired) electrons. The number of rotatable bonds is 5. The van der Waals surface area contributed by atoms with E-state index in [2.05, 4.69) is 4.90 Å². The average molecular weight is 422 g/mol. The van der Waals surface area contributed by atoms with Gasteiger partial charge in [0, 0.05) is 26.2 Å². The van der Waals surface area contributed by atoms with Crippen molar-refractivity contribution in [3.63, 3.8) is 0 Å². The molecule has 1 fully saturated rings. The largest absolute Gasteiger partial charge is 0.495 e. The molecule has 0 spiro atoms. The number of piperazine rings is 1. The minimum atomic E-state index is -4.48. The number of anilines is 1. The van der Waals surface area contributed by atoms with Gasteiger partial charge < -0.3 is 19.3 Å². The maximum Gasteiger partial charge on any atom is 0.416 e. The van der Waals surface area contributed by atoms with Gasteiger partial charge in [-0.25, -0.2) is 4.79 Å². The number of hydrogen-bond donors (Lipinski definition) is 0. The Kier molecular flexibility index (Phi) is 6.49. The number of esters is 1. The predicted molar refractivity (Wildman–Crippen MR) is 104 cm³/mol. The lowest BCUT2D eigenvalue weighted by atomic mass is 10.1. The van der Waals surface area contributed by atoms with Crippen molar-refractivity contribution in [3.8, 4) is 5.75 Å². The van der Waals surface area contributed by atoms with Gasteiger partial charge >= 0.3 is 12.1 Å². The normalized spacial score (nSPS) is 14.4. The molecule has 2 aromatic rings. The van der Waals surface area contributed by atoms with Gasteiger partial charge in [0.2, 0.25) is 0 Å². The van der Waals surface area contributed by atoms with Crippen molar-refractivity contribution in [2.45, 2.75) is 6.18 Å². The van der Waals surface area contributed by atoms with Crippen LogP contribution in [0.4, 0.5) is 18.9 Å². The standard InChI is InChI=1S/C21H21F3N2O4/c1-29-18-5-3-2-4-17(18)25-10-12-26(13-11-25)19(27)14-30-20(28)15-6-8-16(9-7-15)21(22,23)24/h2-9H,10-14H2,1H3. The minimum Gasteiger partial charge on any atom is -0.495 e. The molecule has 0 N–H and O–H groups in total. The fraction of sp³-hybridized carbons (Fsp3) is 0.333. The van der Waals surface area contributed by atoms with Crippen molar-refractivity contribution < 1.29 is 32.2 Å². The van der Waals surface area contributed by atoms with Crippen molar-refractivity contribution in [1.82, 2.24) is 4.90 Å². The number of para-hydroxylation sites is 2. The topological polar surface area (TPSA) is 59.1 Å². The number of alkyl halides is 3. The summed E-state index contributed by atoms with van der Waals surface area (Å²) in [5.74, 6) is -0.442. The Morgan fingerprint density at radius 3 is 2.20 bits per heavy atom. The van der Waals surface area contributed by atoms with Gasteiger partial charge in [0.1, 0.15) is 5.75 Å². The third-order valence-electron chi connectivity index (χ3n) is 4.83. The molecule has 1 heterocycles. The molecule has 9 heteroatoms. The Bertz CT molecular complexity index is 892. The van der Waals surface area contributed by atoms with Crippen LogP contribution in [0.5, 0.6) is 5.75 Å². The molecular weight excluding hydrogens is 401 g/mol. The van der Waals surface area contributed by atoms with Crippen molar-refractivity contribution in [2.24, 2.45) is 0 Å². The third-order valence-corrected chi connectivity index (χ3v) is 4.83. The highest BCUT2D eigenvalue weighted by atomic mass is 19.4. The summed E-state index contributed by atoms with van der Waals surface area (Å²) in [7, 11) is 1.60. The first kappa shape index (κ1) is 21.5. The van der Waals surface area contributed by atoms with E-state index < -0.39 is 24.3 Å². The Morgan fingerprint density at radius 2 is 1.60 bits per heavy atom. The first-order valence-electron chi connectivity index (χ1n) is 9.29. The first-order valence-corrected chi connectivity index (χ1v) is 9.29. The molecule has 0 atom stereocenters. The number of ether oxygens (including phenoxy) is 2. The molecule has 1 amide bonds. The number of carbonyl (C=O) groups excluding carboxylic acids is 2. The number of methoxy groups -OCH3 is 1. The zero-order valence-corrected chi connectivity index (χ0v) is 16.3. The Hall–Kier alpha value is -3.23. The lowest BCUT2D eigenvalue weighted by Gasteiger charge is -2.36. The number of amides is 1. The fourth-order valence-corrected chi connectivity index (χ4v) is 3.18. The zero-order valence-electron chi connectivity index (χ0n) is 16.3. The maximum atomic E-state index is 12.6. The zero-order chi connectivity index (χ0) is 21.7. The monoisotopic (exact) mass is 422 g/mol. The van der Waals surface area contributed by atoms with Crippen LogP contribution in [0.25, 0.3) is 0 Å². The van der Waals surface area contributed by atoms with E-state index in [9.17, 15) is 22.8 Å². The van der Waals surface area contributed by atoms with E-state index in [0.29, 0.717) is 26.2 Å². The molecule has 6 nitrogen and oxygen atoms in total. The van der Waals surface area contributed by atoms with Gasteiger partial charge in [-0.3, -0.25) is 4.79 Å². The number of benzene rings is 2. The van der Waals surface area contributed by atoms with Crippen LogP contribution in [0.15, 0.2) is 48.5 Å². The van der Waals surface area contributed by atoms with E-state index in [-0.39, 0.29) is 11.5 Å². The Morgan fingerprint density at radius 1 is 0.967 bits per heavy atom. The smallest absolute Gasteiger partial charge is 0.416 e. The van der Waals surface area contributed by atoms with Gasteiger partial charge in [-0.1, -0.05) is 12.1 Å². The summed E-state index contributed by atoms with van der Waals surface area (Å²) in [4.78, 5) is 28.0. The summed E-state index contributed by atoms with van der Waals surface area (Å²) >= 11 is 0. The van der Waals surface area contributed by atoms with Crippen LogP contribution in [0.2, 0.25) is 0 Å². The van der Waals surface area contributed by atoms with Crippen molar-refractivity contribution in [3.05, 3.63) is 59.7 Å². The van der Waals surface area contributed by atoms with Gasteiger partial charge in [0.05, 0.1) is 23.9 Å². The maximum absolute atomic E-state index is 12.6. The fourth-order valence-electron chi connectivity index (χ4n) is 3.18. The molecule has 1 saturated heterocycles. The summed E-state index contributed by atoms with van der Waals surface area (Å²) in [6, 6.07) is 11.3. The Labute approximate surface area is 171 Å². The van der Waals surface area contributed by atoms with Crippen LogP contribution >= 0.6 is 0 Å². The van der Waals surface area contributed by atoms with Gasteiger partial charge in [-0.05, 0) is 36.4 Å². The van der Waals surface area contributed by atoms with Crippen molar-refractivity contribution in [1.29, 1.82) is 0 Å². The van der Waals surface area contributed by atoms with Gasteiger partial charge in [0.25, 0.3) is 5.91 Å². The van der Waals surface area contributed by atoms with Gasteiger partial charge in [-0.15, -0.1) is 0 Å². The highest BCUT2D eigenvalue weighted by Crippen LogP contribution is 2.29. The number of carbonyl (C=O) groups is 2. The van der Waals surface area contributed by atoms with E-state index in [0.717, 1.165) is 35.7 Å². The summed E-state index contributed by atoms with van der Waals surface area (Å²) < 4.78 is 48.1. The quantitative estimate of drug-likeness (QED) is 0.693. The van der Waals surface area contributed by atoms with Crippen LogP contribution in [0.3, 0.4) is 0 Å². The lowest BCUT2D eigenvalue weighted by molar-refractivity contribution is -0.137. The molecular formula is C21H21F3N2O4. The molecule has 0 saturated carbocycles. The van der Waals surface area contributed by atoms with Crippen LogP contribution < -0.4 is 9.64 Å². The molecule has 0 aliphatic carbocycles. The van der Waals surface area contributed by atoms with Crippen LogP contribution in [0, 0.1) is 0 Å². The van der Waals surface area contributed by atoms with Gasteiger partial charge in [0.15, 0.2) is 6.61 Å². The van der Waals surface area contributed by atoms with Crippen LogP contribution in [-0.4, -0.2) is 56.7 Å². The summed E-state index contributed by atoms with van der Waals surface area (Å²) in [6.45, 7) is 1.63. The number of hydrogen-bond acceptors (Lipinski definition) is 5. The highest BCUT2D eigenvalue weighted by Gasteiger charge is 2.30. The lowest BCUT2D eigenvalue weighted by Crippen LogP contribution is -2.50. The molecule has 1 aliphatic heterocycles. The Balaban J connectivity index is 1.49. The molecule has 30 heavy (non-hydrogen) atoms. The second-order valence-corrected chi connectivity index (χ2v) is 6.69. The molecule has 0 bridgehead atoms. The molecule has 0 aromatic heterocycles. The third kappa shape index (κ3) is 5.03. The van der Waals surface area contributed by atoms with Gasteiger partial charge in [-0.2, -0.15) is 13.2 Å². The molecule has 3 rings (SSSR count). The first-order chi connectivity index (χ1) is 14.3. The van der Waals surface area contributed by atoms with E-state index in [1.54, 1.807) is 12.0 Å². The van der Waals surface area contributed by atoms with Crippen molar-refractivity contribution >= 4 is 17.6 Å². The summed E-state index contributed by atoms with van der Waals surface area (Å²) in [5, 5.41) is 0. The number of halogens is 3. The van der Waals surface area contributed by atoms with Crippen molar-refractivity contribution in [2.75, 3.05) is 44.8 Å². The van der Waals surface area contributed by atoms with Crippen LogP contribution in [-0.2, 0) is 15.7 Å². The molecule has 0 unspecified atom stereocenters. The predicted octanol–water partition coefficient (Wildman–Crippen LogP) is 3.22. The SMILES string of the molecule is COc1ccccc1N1CCN(C(=O)COC(=O)c2ccc(C(F)(F)F)cc2)CC1. The molecule has 2 aromatic carbocycles. The van der Waals surface area contributed by atoms with E-state index in [1.807, 2.05) is 24.3 Å².